The van der Waals surface area contributed by atoms with Gasteiger partial charge in [-0.05, 0) is 20.9 Å². The lowest BCUT2D eigenvalue weighted by Gasteiger charge is -2.27. The summed E-state index contributed by atoms with van der Waals surface area (Å²) in [5.74, 6) is 0. The molecule has 3 N–H and O–H groups in total. The third kappa shape index (κ3) is 2.02. The zero-order chi connectivity index (χ0) is 9.19. The first-order valence-corrected chi connectivity index (χ1v) is 3.90. The highest BCUT2D eigenvalue weighted by Gasteiger charge is 2.18. The van der Waals surface area contributed by atoms with E-state index >= 15 is 0 Å². The third-order valence-corrected chi connectivity index (χ3v) is 1.72. The molecule has 0 fully saturated rings. The van der Waals surface area contributed by atoms with Crippen LogP contribution < -0.4 is 11.1 Å². The first-order chi connectivity index (χ1) is 5.55. The van der Waals surface area contributed by atoms with Crippen molar-refractivity contribution in [2.45, 2.75) is 25.7 Å². The molecule has 0 aromatic carbocycles. The van der Waals surface area contributed by atoms with E-state index in [2.05, 4.69) is 15.4 Å². The number of nitrogens with one attached hydrogen (secondary N) is 1. The molecule has 0 bridgehead atoms. The second-order valence-electron chi connectivity index (χ2n) is 3.06. The number of rotatable bonds is 2. The van der Waals surface area contributed by atoms with Gasteiger partial charge in [-0.15, -0.1) is 0 Å². The summed E-state index contributed by atoms with van der Waals surface area (Å²) >= 11 is 0. The van der Waals surface area contributed by atoms with Gasteiger partial charge in [-0.25, -0.2) is 10.0 Å². The molecular weight excluding hydrogens is 154 g/mol. The fraction of sp³-hybridized carbons (Fsp3) is 0.714. The van der Waals surface area contributed by atoms with Crippen molar-refractivity contribution in [2.24, 2.45) is 15.8 Å². The van der Waals surface area contributed by atoms with Crippen LogP contribution in [0.2, 0.25) is 0 Å². The highest BCUT2D eigenvalue weighted by Crippen LogP contribution is 2.05. The van der Waals surface area contributed by atoms with Crippen molar-refractivity contribution in [2.75, 3.05) is 7.05 Å². The average Bonchev–Trinajstić information content (AvgIpc) is 2.03. The van der Waals surface area contributed by atoms with Crippen LogP contribution in [-0.4, -0.2) is 36.4 Å². The van der Waals surface area contributed by atoms with E-state index in [1.54, 1.807) is 24.5 Å². The number of hydrogen-bond donors (Lipinski definition) is 2. The molecular formula is C7H15N5. The molecule has 5 heteroatoms. The Morgan fingerprint density at radius 2 is 2.33 bits per heavy atom. The van der Waals surface area contributed by atoms with Gasteiger partial charge >= 0.3 is 0 Å². The normalized spacial score (nSPS) is 30.8. The second-order valence-corrected chi connectivity index (χ2v) is 3.06. The molecule has 0 saturated heterocycles. The van der Waals surface area contributed by atoms with Crippen molar-refractivity contribution in [3.63, 3.8) is 0 Å². The van der Waals surface area contributed by atoms with E-state index in [0.29, 0.717) is 0 Å². The summed E-state index contributed by atoms with van der Waals surface area (Å²) in [5.41, 5.74) is 5.04. The third-order valence-electron chi connectivity index (χ3n) is 1.72. The van der Waals surface area contributed by atoms with Gasteiger partial charge in [0.2, 0.25) is 0 Å². The predicted molar refractivity (Wildman–Crippen MR) is 49.9 cm³/mol. The Balaban J connectivity index is 2.61. The molecule has 2 unspecified atom stereocenters. The minimum atomic E-state index is -0.649. The number of nitrogens with zero attached hydrogens (tertiary/aromatic N) is 3. The zero-order valence-electron chi connectivity index (χ0n) is 7.65. The van der Waals surface area contributed by atoms with Gasteiger partial charge in [-0.1, -0.05) is 0 Å². The molecule has 12 heavy (non-hydrogen) atoms. The molecule has 0 saturated carbocycles. The quantitative estimate of drug-likeness (QED) is 0.588. The zero-order valence-corrected chi connectivity index (χ0v) is 7.65. The van der Waals surface area contributed by atoms with Crippen LogP contribution >= 0.6 is 0 Å². The van der Waals surface area contributed by atoms with Gasteiger partial charge in [0.25, 0.3) is 0 Å². The van der Waals surface area contributed by atoms with E-state index in [1.807, 2.05) is 14.0 Å². The highest BCUT2D eigenvalue weighted by molar-refractivity contribution is 5.75. The summed E-state index contributed by atoms with van der Waals surface area (Å²) < 4.78 is 0. The van der Waals surface area contributed by atoms with Crippen LogP contribution in [0.1, 0.15) is 13.8 Å². The minimum Gasteiger partial charge on any atom is -0.303 e. The summed E-state index contributed by atoms with van der Waals surface area (Å²) in [6.07, 6.45) is 3.41. The van der Waals surface area contributed by atoms with E-state index in [9.17, 15) is 0 Å². The largest absolute Gasteiger partial charge is 0.303 e. The summed E-state index contributed by atoms with van der Waals surface area (Å²) in [6, 6.07) is 0. The average molecular weight is 169 g/mol. The van der Waals surface area contributed by atoms with Gasteiger partial charge in [-0.2, -0.15) is 5.10 Å². The predicted octanol–water partition coefficient (Wildman–Crippen LogP) is -0.444. The fourth-order valence-electron chi connectivity index (χ4n) is 0.763. The van der Waals surface area contributed by atoms with Gasteiger partial charge < -0.3 is 5.73 Å². The van der Waals surface area contributed by atoms with Crippen LogP contribution in [0, 0.1) is 0 Å². The van der Waals surface area contributed by atoms with Gasteiger partial charge in [0.1, 0.15) is 12.0 Å². The molecule has 5 nitrogen and oxygen atoms in total. The standard InChI is InChI=1S/C7H15N5/c1-6(9-3)12-5-10-7(2,8)4-11-12/h4-6,9H,8H2,1-3H3. The minimum absolute atomic E-state index is 0.140. The monoisotopic (exact) mass is 169 g/mol. The molecule has 1 heterocycles. The van der Waals surface area contributed by atoms with Crippen LogP contribution in [0.15, 0.2) is 10.1 Å². The topological polar surface area (TPSA) is 66.0 Å². The highest BCUT2D eigenvalue weighted by atomic mass is 15.5. The Morgan fingerprint density at radius 3 is 2.75 bits per heavy atom. The van der Waals surface area contributed by atoms with Crippen molar-refractivity contribution in [1.29, 1.82) is 0 Å². The molecule has 0 spiro atoms. The van der Waals surface area contributed by atoms with Crippen molar-refractivity contribution in [1.82, 2.24) is 10.3 Å². The maximum absolute atomic E-state index is 5.69. The lowest BCUT2D eigenvalue weighted by atomic mass is 10.2. The number of hydrazone groups is 1. The molecule has 68 valence electrons. The van der Waals surface area contributed by atoms with E-state index in [4.69, 9.17) is 5.73 Å². The molecule has 1 rings (SSSR count). The number of aliphatic imine (C=N–C) groups is 1. The van der Waals surface area contributed by atoms with Crippen molar-refractivity contribution >= 4 is 12.6 Å². The Hall–Kier alpha value is -0.940. The van der Waals surface area contributed by atoms with Gasteiger partial charge in [0, 0.05) is 0 Å². The summed E-state index contributed by atoms with van der Waals surface area (Å²) in [6.45, 7) is 3.79. The molecule has 0 amide bonds. The maximum atomic E-state index is 5.69. The Kier molecular flexibility index (Phi) is 2.44. The van der Waals surface area contributed by atoms with Gasteiger partial charge in [0.15, 0.2) is 0 Å². The van der Waals surface area contributed by atoms with Crippen LogP contribution in [-0.2, 0) is 0 Å². The van der Waals surface area contributed by atoms with Crippen molar-refractivity contribution in [3.8, 4) is 0 Å². The Morgan fingerprint density at radius 1 is 1.67 bits per heavy atom. The lowest BCUT2D eigenvalue weighted by Crippen LogP contribution is -2.45. The van der Waals surface area contributed by atoms with E-state index in [1.165, 1.54) is 0 Å². The van der Waals surface area contributed by atoms with E-state index < -0.39 is 5.66 Å². The van der Waals surface area contributed by atoms with Crippen molar-refractivity contribution < 1.29 is 0 Å². The molecule has 1 aliphatic heterocycles. The molecule has 0 aromatic rings. The van der Waals surface area contributed by atoms with Crippen molar-refractivity contribution in [3.05, 3.63) is 0 Å². The number of hydrogen-bond acceptors (Lipinski definition) is 5. The lowest BCUT2D eigenvalue weighted by molar-refractivity contribution is 0.309. The van der Waals surface area contributed by atoms with Crippen LogP contribution in [0.25, 0.3) is 0 Å². The molecule has 2 atom stereocenters. The van der Waals surface area contributed by atoms with Crippen LogP contribution in [0.4, 0.5) is 0 Å². The molecule has 0 radical (unpaired) electrons. The first kappa shape index (κ1) is 9.15. The Bertz CT molecular complexity index is 192. The number of nitrogens with two attached hydrogens (primary N) is 1. The van der Waals surface area contributed by atoms with Gasteiger partial charge in [-0.3, -0.25) is 5.32 Å². The summed E-state index contributed by atoms with van der Waals surface area (Å²) in [7, 11) is 1.87. The van der Waals surface area contributed by atoms with E-state index in [-0.39, 0.29) is 6.17 Å². The van der Waals surface area contributed by atoms with Crippen LogP contribution in [0.5, 0.6) is 0 Å². The van der Waals surface area contributed by atoms with Crippen LogP contribution in [0.3, 0.4) is 0 Å². The Labute approximate surface area is 72.3 Å². The summed E-state index contributed by atoms with van der Waals surface area (Å²) in [4.78, 5) is 4.10. The molecule has 0 aliphatic carbocycles. The van der Waals surface area contributed by atoms with E-state index in [0.717, 1.165) is 0 Å². The molecule has 1 aliphatic rings. The second kappa shape index (κ2) is 3.20. The maximum Gasteiger partial charge on any atom is 0.144 e. The fourth-order valence-corrected chi connectivity index (χ4v) is 0.763. The first-order valence-electron chi connectivity index (χ1n) is 3.90. The van der Waals surface area contributed by atoms with Gasteiger partial charge in [0.05, 0.1) is 12.4 Å². The molecule has 0 aromatic heterocycles. The SMILES string of the molecule is CNC(C)N1C=NC(C)(N)C=N1. The summed E-state index contributed by atoms with van der Waals surface area (Å²) in [5, 5.41) is 8.88. The smallest absolute Gasteiger partial charge is 0.144 e.